The highest BCUT2D eigenvalue weighted by Crippen LogP contribution is 2.32. The summed E-state index contributed by atoms with van der Waals surface area (Å²) in [5, 5.41) is 3.03. The van der Waals surface area contributed by atoms with Crippen LogP contribution in [-0.4, -0.2) is 36.5 Å². The molecule has 3 N–H and O–H groups in total. The van der Waals surface area contributed by atoms with Crippen LogP contribution in [0.15, 0.2) is 18.2 Å². The van der Waals surface area contributed by atoms with Crippen LogP contribution < -0.4 is 11.1 Å². The van der Waals surface area contributed by atoms with Gasteiger partial charge in [0.15, 0.2) is 0 Å². The second-order valence-electron chi connectivity index (χ2n) is 5.29. The van der Waals surface area contributed by atoms with Crippen LogP contribution in [-0.2, 0) is 4.79 Å². The molecule has 3 unspecified atom stereocenters. The number of rotatable bonds is 3. The summed E-state index contributed by atoms with van der Waals surface area (Å²) in [5.74, 6) is -0.633. The number of benzene rings is 1. The summed E-state index contributed by atoms with van der Waals surface area (Å²) >= 11 is 5.71. The van der Waals surface area contributed by atoms with E-state index >= 15 is 0 Å². The molecule has 1 aliphatic heterocycles. The minimum absolute atomic E-state index is 0. The summed E-state index contributed by atoms with van der Waals surface area (Å²) in [6, 6.07) is 4.08. The minimum atomic E-state index is -0.552. The fourth-order valence-corrected chi connectivity index (χ4v) is 2.71. The summed E-state index contributed by atoms with van der Waals surface area (Å²) in [5.41, 5.74) is 6.38. The van der Waals surface area contributed by atoms with Crippen molar-refractivity contribution in [1.82, 2.24) is 10.2 Å². The van der Waals surface area contributed by atoms with Gasteiger partial charge in [0.25, 0.3) is 0 Å². The fraction of sp³-hybridized carbons (Fsp3) is 0.500. The first-order chi connectivity index (χ1) is 9.40. The molecule has 0 bridgehead atoms. The second kappa shape index (κ2) is 7.40. The Morgan fingerprint density at radius 3 is 2.81 bits per heavy atom. The second-order valence-corrected chi connectivity index (χ2v) is 5.70. The topological polar surface area (TPSA) is 58.4 Å². The van der Waals surface area contributed by atoms with Crippen molar-refractivity contribution in [1.29, 1.82) is 0 Å². The van der Waals surface area contributed by atoms with Crippen LogP contribution in [0.25, 0.3) is 0 Å². The summed E-state index contributed by atoms with van der Waals surface area (Å²) in [6.45, 7) is 2.48. The van der Waals surface area contributed by atoms with Gasteiger partial charge in [-0.3, -0.25) is 9.69 Å². The normalized spacial score (nSPS) is 23.5. The Kier molecular flexibility index (Phi) is 6.41. The van der Waals surface area contributed by atoms with E-state index in [1.807, 2.05) is 7.05 Å². The van der Waals surface area contributed by atoms with E-state index in [0.717, 1.165) is 18.5 Å². The van der Waals surface area contributed by atoms with Gasteiger partial charge in [-0.25, -0.2) is 4.39 Å². The third-order valence-electron chi connectivity index (χ3n) is 3.68. The van der Waals surface area contributed by atoms with E-state index in [2.05, 4.69) is 10.2 Å². The molecule has 1 aliphatic rings. The van der Waals surface area contributed by atoms with E-state index in [9.17, 15) is 9.18 Å². The van der Waals surface area contributed by atoms with Crippen LogP contribution in [0.5, 0.6) is 0 Å². The van der Waals surface area contributed by atoms with Gasteiger partial charge >= 0.3 is 0 Å². The average molecular weight is 336 g/mol. The molecule has 0 saturated carbocycles. The Morgan fingerprint density at radius 1 is 1.57 bits per heavy atom. The largest absolute Gasteiger partial charge is 0.350 e. The molecule has 1 aromatic carbocycles. The van der Waals surface area contributed by atoms with Crippen LogP contribution in [0.3, 0.4) is 0 Å². The monoisotopic (exact) mass is 335 g/mol. The Labute approximate surface area is 135 Å². The average Bonchev–Trinajstić information content (AvgIpc) is 2.74. The van der Waals surface area contributed by atoms with Gasteiger partial charge in [-0.2, -0.15) is 0 Å². The number of hydrogen-bond acceptors (Lipinski definition) is 3. The lowest BCUT2D eigenvalue weighted by Gasteiger charge is -2.27. The van der Waals surface area contributed by atoms with Crippen LogP contribution in [0, 0.1) is 5.82 Å². The molecular weight excluding hydrogens is 316 g/mol. The summed E-state index contributed by atoms with van der Waals surface area (Å²) < 4.78 is 13.6. The number of likely N-dealkylation sites (tertiary alicyclic amines) is 1. The lowest BCUT2D eigenvalue weighted by molar-refractivity contribution is -0.122. The van der Waals surface area contributed by atoms with Crippen molar-refractivity contribution in [2.45, 2.75) is 31.5 Å². The molecule has 118 valence electrons. The Bertz CT molecular complexity index is 513. The van der Waals surface area contributed by atoms with Gasteiger partial charge < -0.3 is 11.1 Å². The van der Waals surface area contributed by atoms with Crippen molar-refractivity contribution in [2.75, 3.05) is 13.6 Å². The third-order valence-corrected chi connectivity index (χ3v) is 3.98. The molecule has 2 rings (SSSR count). The van der Waals surface area contributed by atoms with Gasteiger partial charge in [0.2, 0.25) is 5.91 Å². The smallest absolute Gasteiger partial charge is 0.236 e. The number of nitrogens with two attached hydrogens (primary N) is 1. The molecule has 21 heavy (non-hydrogen) atoms. The molecule has 7 heteroatoms. The molecule has 1 saturated heterocycles. The highest BCUT2D eigenvalue weighted by atomic mass is 35.5. The van der Waals surface area contributed by atoms with Crippen LogP contribution in [0.4, 0.5) is 4.39 Å². The maximum absolute atomic E-state index is 13.6. The van der Waals surface area contributed by atoms with Crippen LogP contribution in [0.1, 0.15) is 24.9 Å². The molecule has 1 aromatic rings. The number of hydrogen-bond donors (Lipinski definition) is 2. The maximum Gasteiger partial charge on any atom is 0.236 e. The first kappa shape index (κ1) is 18.2. The SMILES string of the molecule is CC(N)C(=O)NC1CCN(C)C1c1ccc(Cl)c(F)c1.Cl. The quantitative estimate of drug-likeness (QED) is 0.889. The highest BCUT2D eigenvalue weighted by molar-refractivity contribution is 6.30. The number of amides is 1. The zero-order valence-electron chi connectivity index (χ0n) is 12.0. The van der Waals surface area contributed by atoms with Crippen molar-refractivity contribution in [2.24, 2.45) is 5.73 Å². The highest BCUT2D eigenvalue weighted by Gasteiger charge is 2.34. The predicted octanol–water partition coefficient (Wildman–Crippen LogP) is 2.11. The van der Waals surface area contributed by atoms with E-state index < -0.39 is 11.9 Å². The molecule has 0 aliphatic carbocycles. The fourth-order valence-electron chi connectivity index (χ4n) is 2.60. The van der Waals surface area contributed by atoms with E-state index in [4.69, 9.17) is 17.3 Å². The summed E-state index contributed by atoms with van der Waals surface area (Å²) in [4.78, 5) is 13.8. The van der Waals surface area contributed by atoms with Crippen molar-refractivity contribution in [3.05, 3.63) is 34.6 Å². The van der Waals surface area contributed by atoms with Crippen molar-refractivity contribution >= 4 is 29.9 Å². The number of carbonyl (C=O) groups is 1. The lowest BCUT2D eigenvalue weighted by atomic mass is 9.99. The lowest BCUT2D eigenvalue weighted by Crippen LogP contribution is -2.45. The zero-order chi connectivity index (χ0) is 14.9. The minimum Gasteiger partial charge on any atom is -0.350 e. The number of carbonyl (C=O) groups excluding carboxylic acids is 1. The number of likely N-dealkylation sites (N-methyl/N-ethyl adjacent to an activating group) is 1. The molecule has 4 nitrogen and oxygen atoms in total. The Morgan fingerprint density at radius 2 is 2.24 bits per heavy atom. The van der Waals surface area contributed by atoms with E-state index in [-0.39, 0.29) is 35.4 Å². The number of nitrogens with zero attached hydrogens (tertiary/aromatic N) is 1. The van der Waals surface area contributed by atoms with Crippen LogP contribution in [0.2, 0.25) is 5.02 Å². The standard InChI is InChI=1S/C14H19ClFN3O.ClH/c1-8(17)14(20)18-12-5-6-19(2)13(12)9-3-4-10(15)11(16)7-9;/h3-4,7-8,12-13H,5-6,17H2,1-2H3,(H,18,20);1H. The van der Waals surface area contributed by atoms with E-state index in [1.165, 1.54) is 6.07 Å². The first-order valence-electron chi connectivity index (χ1n) is 6.61. The zero-order valence-corrected chi connectivity index (χ0v) is 13.5. The molecule has 1 heterocycles. The first-order valence-corrected chi connectivity index (χ1v) is 6.99. The number of halogens is 3. The Balaban J connectivity index is 0.00000220. The van der Waals surface area contributed by atoms with E-state index in [0.29, 0.717) is 0 Å². The molecule has 0 radical (unpaired) electrons. The maximum atomic E-state index is 13.6. The molecule has 1 amide bonds. The van der Waals surface area contributed by atoms with Crippen molar-refractivity contribution in [3.63, 3.8) is 0 Å². The van der Waals surface area contributed by atoms with Gasteiger partial charge in [-0.05, 0) is 38.1 Å². The van der Waals surface area contributed by atoms with Crippen molar-refractivity contribution in [3.8, 4) is 0 Å². The molecule has 0 aromatic heterocycles. The van der Waals surface area contributed by atoms with Crippen LogP contribution >= 0.6 is 24.0 Å². The van der Waals surface area contributed by atoms with Gasteiger partial charge in [0, 0.05) is 12.6 Å². The summed E-state index contributed by atoms with van der Waals surface area (Å²) in [7, 11) is 1.95. The molecule has 1 fully saturated rings. The molecule has 3 atom stereocenters. The van der Waals surface area contributed by atoms with Gasteiger partial charge in [-0.1, -0.05) is 17.7 Å². The molecule has 0 spiro atoms. The van der Waals surface area contributed by atoms with Gasteiger partial charge in [0.1, 0.15) is 5.82 Å². The summed E-state index contributed by atoms with van der Waals surface area (Å²) in [6.07, 6.45) is 0.809. The third kappa shape index (κ3) is 4.07. The van der Waals surface area contributed by atoms with Crippen molar-refractivity contribution < 1.29 is 9.18 Å². The number of nitrogens with one attached hydrogen (secondary N) is 1. The van der Waals surface area contributed by atoms with Gasteiger partial charge in [-0.15, -0.1) is 12.4 Å². The van der Waals surface area contributed by atoms with E-state index in [1.54, 1.807) is 19.1 Å². The molecular formula is C14H20Cl2FN3O. The predicted molar refractivity (Wildman–Crippen MR) is 84.2 cm³/mol. The van der Waals surface area contributed by atoms with Gasteiger partial charge in [0.05, 0.1) is 17.1 Å². The Hall–Kier alpha value is -0.880.